The molecule has 0 spiro atoms. The third kappa shape index (κ3) is 3.91. The van der Waals surface area contributed by atoms with Crippen molar-refractivity contribution < 1.29 is 12.6 Å². The summed E-state index contributed by atoms with van der Waals surface area (Å²) in [6.45, 7) is 3.65. The minimum atomic E-state index is -3.70. The van der Waals surface area contributed by atoms with Crippen LogP contribution < -0.4 is 0 Å². The maximum atomic E-state index is 12.0. The lowest BCUT2D eigenvalue weighted by Crippen LogP contribution is -2.23. The van der Waals surface area contributed by atoms with Crippen LogP contribution in [0.2, 0.25) is 0 Å². The van der Waals surface area contributed by atoms with Gasteiger partial charge in [-0.15, -0.1) is 23.5 Å². The Morgan fingerprint density at radius 1 is 1.12 bits per heavy atom. The van der Waals surface area contributed by atoms with E-state index in [1.165, 1.54) is 23.5 Å². The molecule has 1 aromatic carbocycles. The Hall–Kier alpha value is -0.170. The van der Waals surface area contributed by atoms with Crippen molar-refractivity contribution in [3.8, 4) is 0 Å². The van der Waals surface area contributed by atoms with E-state index in [1.54, 1.807) is 31.2 Å². The van der Waals surface area contributed by atoms with Gasteiger partial charge < -0.3 is 0 Å². The Morgan fingerprint density at radius 2 is 1.59 bits per heavy atom. The number of hydrogen-bond acceptors (Lipinski definition) is 5. The zero-order valence-corrected chi connectivity index (χ0v) is 12.7. The van der Waals surface area contributed by atoms with E-state index in [-0.39, 0.29) is 4.90 Å². The number of thioether (sulfide) groups is 2. The SMILES string of the molecule is CSC(C)(OS(=O)(=O)c1ccc(C)cc1)SC. The van der Waals surface area contributed by atoms with Crippen LogP contribution in [0.4, 0.5) is 0 Å². The molecule has 0 unspecified atom stereocenters. The fourth-order valence-electron chi connectivity index (χ4n) is 1.10. The van der Waals surface area contributed by atoms with Gasteiger partial charge in [-0.1, -0.05) is 17.7 Å². The van der Waals surface area contributed by atoms with Crippen LogP contribution in [0.1, 0.15) is 12.5 Å². The van der Waals surface area contributed by atoms with E-state index in [2.05, 4.69) is 0 Å². The van der Waals surface area contributed by atoms with E-state index in [0.29, 0.717) is 0 Å². The molecule has 0 radical (unpaired) electrons. The van der Waals surface area contributed by atoms with Crippen LogP contribution >= 0.6 is 23.5 Å². The lowest BCUT2D eigenvalue weighted by molar-refractivity contribution is 0.282. The summed E-state index contributed by atoms with van der Waals surface area (Å²) in [6.07, 6.45) is 3.64. The second-order valence-electron chi connectivity index (χ2n) is 3.62. The van der Waals surface area contributed by atoms with Gasteiger partial charge in [0.1, 0.15) is 0 Å². The van der Waals surface area contributed by atoms with Crippen LogP contribution in [-0.4, -0.2) is 25.2 Å². The second-order valence-corrected chi connectivity index (χ2v) is 7.80. The number of rotatable bonds is 5. The highest BCUT2D eigenvalue weighted by Crippen LogP contribution is 2.37. The van der Waals surface area contributed by atoms with Gasteiger partial charge >= 0.3 is 0 Å². The van der Waals surface area contributed by atoms with Crippen LogP contribution in [0, 0.1) is 6.92 Å². The van der Waals surface area contributed by atoms with E-state index >= 15 is 0 Å². The van der Waals surface area contributed by atoms with Crippen molar-refractivity contribution in [1.29, 1.82) is 0 Å². The molecule has 0 saturated carbocycles. The Kier molecular flexibility index (Phi) is 4.95. The third-order valence-corrected chi connectivity index (χ3v) is 6.58. The molecular formula is C11H16O3S3. The number of hydrogen-bond donors (Lipinski definition) is 0. The van der Waals surface area contributed by atoms with E-state index in [4.69, 9.17) is 4.18 Å². The molecule has 1 rings (SSSR count). The summed E-state index contributed by atoms with van der Waals surface area (Å²) in [5, 5.41) is 0. The summed E-state index contributed by atoms with van der Waals surface area (Å²) in [7, 11) is -3.70. The molecular weight excluding hydrogens is 276 g/mol. The predicted molar refractivity (Wildman–Crippen MR) is 74.9 cm³/mol. The molecule has 3 nitrogen and oxygen atoms in total. The number of aryl methyl sites for hydroxylation is 1. The van der Waals surface area contributed by atoms with Crippen molar-refractivity contribution in [1.82, 2.24) is 0 Å². The van der Waals surface area contributed by atoms with Gasteiger partial charge in [-0.25, -0.2) is 4.18 Å². The highest BCUT2D eigenvalue weighted by atomic mass is 32.2. The van der Waals surface area contributed by atoms with E-state index in [9.17, 15) is 8.42 Å². The molecule has 0 N–H and O–H groups in total. The van der Waals surface area contributed by atoms with Crippen LogP contribution in [0.3, 0.4) is 0 Å². The Morgan fingerprint density at radius 3 is 2.00 bits per heavy atom. The maximum absolute atomic E-state index is 12.0. The molecule has 0 heterocycles. The summed E-state index contributed by atoms with van der Waals surface area (Å²) in [5.41, 5.74) is 1.02. The molecule has 1 aromatic rings. The van der Waals surface area contributed by atoms with Crippen molar-refractivity contribution in [2.75, 3.05) is 12.5 Å². The molecule has 17 heavy (non-hydrogen) atoms. The molecule has 96 valence electrons. The lowest BCUT2D eigenvalue weighted by atomic mass is 10.2. The molecule has 0 amide bonds. The largest absolute Gasteiger partial charge is 0.299 e. The summed E-state index contributed by atoms with van der Waals surface area (Å²) in [5.74, 6) is 0. The van der Waals surface area contributed by atoms with Crippen LogP contribution in [0.5, 0.6) is 0 Å². The highest BCUT2D eigenvalue weighted by molar-refractivity contribution is 8.17. The predicted octanol–water partition coefficient (Wildman–Crippen LogP) is 3.10. The first kappa shape index (κ1) is 14.9. The van der Waals surface area contributed by atoms with Crippen LogP contribution in [-0.2, 0) is 14.3 Å². The zero-order valence-electron chi connectivity index (χ0n) is 10.3. The maximum Gasteiger partial charge on any atom is 0.299 e. The Labute approximate surface area is 111 Å². The summed E-state index contributed by atoms with van der Waals surface area (Å²) in [4.78, 5) is 0.192. The molecule has 0 aliphatic rings. The van der Waals surface area contributed by atoms with Crippen molar-refractivity contribution in [3.63, 3.8) is 0 Å². The van der Waals surface area contributed by atoms with Crippen LogP contribution in [0.15, 0.2) is 29.2 Å². The Bertz CT molecular complexity index is 461. The third-order valence-electron chi connectivity index (χ3n) is 2.31. The fraction of sp³-hybridized carbons (Fsp3) is 0.455. The van der Waals surface area contributed by atoms with Gasteiger partial charge in [0.05, 0.1) is 4.90 Å². The number of benzene rings is 1. The molecule has 6 heteroatoms. The molecule has 0 saturated heterocycles. The molecule has 0 aliphatic heterocycles. The standard InChI is InChI=1S/C11H16O3S3/c1-9-5-7-10(8-6-9)17(12,13)14-11(2,15-3)16-4/h5-8H,1-4H3. The first-order chi connectivity index (χ1) is 7.83. The lowest BCUT2D eigenvalue weighted by Gasteiger charge is -2.24. The summed E-state index contributed by atoms with van der Waals surface area (Å²) >= 11 is 2.72. The summed E-state index contributed by atoms with van der Waals surface area (Å²) in [6, 6.07) is 6.63. The zero-order chi connectivity index (χ0) is 13.1. The Balaban J connectivity index is 3.00. The second kappa shape index (κ2) is 5.65. The first-order valence-corrected chi connectivity index (χ1v) is 8.81. The highest BCUT2D eigenvalue weighted by Gasteiger charge is 2.31. The molecule has 0 atom stereocenters. The van der Waals surface area contributed by atoms with E-state index < -0.39 is 14.4 Å². The minimum absolute atomic E-state index is 0.192. The monoisotopic (exact) mass is 292 g/mol. The van der Waals surface area contributed by atoms with Gasteiger partial charge in [-0.05, 0) is 38.5 Å². The van der Waals surface area contributed by atoms with Crippen molar-refractivity contribution in [2.24, 2.45) is 0 Å². The van der Waals surface area contributed by atoms with Gasteiger partial charge in [0.25, 0.3) is 10.1 Å². The summed E-state index contributed by atoms with van der Waals surface area (Å²) < 4.78 is 28.5. The van der Waals surface area contributed by atoms with Gasteiger partial charge in [0, 0.05) is 0 Å². The topological polar surface area (TPSA) is 43.4 Å². The van der Waals surface area contributed by atoms with Gasteiger partial charge in [0.2, 0.25) is 0 Å². The van der Waals surface area contributed by atoms with Crippen LogP contribution in [0.25, 0.3) is 0 Å². The molecule has 0 aromatic heterocycles. The van der Waals surface area contributed by atoms with Gasteiger partial charge in [-0.2, -0.15) is 8.42 Å². The first-order valence-electron chi connectivity index (χ1n) is 4.95. The fourth-order valence-corrected chi connectivity index (χ4v) is 3.82. The van der Waals surface area contributed by atoms with Crippen molar-refractivity contribution >= 4 is 33.6 Å². The minimum Gasteiger partial charge on any atom is -0.238 e. The van der Waals surface area contributed by atoms with Gasteiger partial charge in [-0.3, -0.25) is 0 Å². The van der Waals surface area contributed by atoms with Crippen molar-refractivity contribution in [2.45, 2.75) is 23.0 Å². The molecule has 0 aliphatic carbocycles. The smallest absolute Gasteiger partial charge is 0.238 e. The van der Waals surface area contributed by atoms with Crippen molar-refractivity contribution in [3.05, 3.63) is 29.8 Å². The average Bonchev–Trinajstić information content (AvgIpc) is 2.29. The quantitative estimate of drug-likeness (QED) is 0.616. The van der Waals surface area contributed by atoms with E-state index in [1.807, 2.05) is 19.4 Å². The average molecular weight is 292 g/mol. The molecule has 0 bridgehead atoms. The van der Waals surface area contributed by atoms with Gasteiger partial charge in [0.15, 0.2) is 4.27 Å². The molecule has 0 fully saturated rings. The van der Waals surface area contributed by atoms with E-state index in [0.717, 1.165) is 5.56 Å². The normalized spacial score (nSPS) is 12.7.